The number of carbonyl (C=O) groups excluding carboxylic acids is 1. The SMILES string of the molecule is CC(C)c1cc(C(C)C)c(SC(=O)[C@@H](C)[C@H](O)c2ccccc2)c(C(C)C)c1. The maximum absolute atomic E-state index is 13.1. The van der Waals surface area contributed by atoms with Crippen LogP contribution in [0.3, 0.4) is 0 Å². The molecule has 1 N–H and O–H groups in total. The molecule has 0 aromatic heterocycles. The van der Waals surface area contributed by atoms with Gasteiger partial charge in [0, 0.05) is 4.90 Å². The summed E-state index contributed by atoms with van der Waals surface area (Å²) in [5, 5.41) is 10.7. The van der Waals surface area contributed by atoms with E-state index in [-0.39, 0.29) is 5.12 Å². The standard InChI is InChI=1S/C25H34O2S/c1-15(2)20-13-21(16(3)4)24(22(14-20)17(5)6)28-25(27)18(7)23(26)19-11-9-8-10-12-19/h8-18,23,26H,1-7H3/t18-,23-/m0/s1. The molecule has 0 radical (unpaired) electrons. The van der Waals surface area contributed by atoms with Gasteiger partial charge in [-0.2, -0.15) is 0 Å². The minimum Gasteiger partial charge on any atom is -0.388 e. The highest BCUT2D eigenvalue weighted by molar-refractivity contribution is 8.13. The zero-order valence-corrected chi connectivity index (χ0v) is 19.0. The molecule has 3 heteroatoms. The highest BCUT2D eigenvalue weighted by atomic mass is 32.2. The Hall–Kier alpha value is -1.58. The third-order valence-corrected chi connectivity index (χ3v) is 6.52. The van der Waals surface area contributed by atoms with Crippen molar-refractivity contribution in [1.29, 1.82) is 0 Å². The highest BCUT2D eigenvalue weighted by Gasteiger charge is 2.27. The molecule has 2 aromatic carbocycles. The lowest BCUT2D eigenvalue weighted by molar-refractivity contribution is -0.117. The number of aliphatic hydroxyl groups is 1. The molecule has 0 aliphatic heterocycles. The Kier molecular flexibility index (Phi) is 7.91. The van der Waals surface area contributed by atoms with Crippen molar-refractivity contribution in [3.63, 3.8) is 0 Å². The van der Waals surface area contributed by atoms with E-state index in [1.54, 1.807) is 0 Å². The van der Waals surface area contributed by atoms with Crippen molar-refractivity contribution >= 4 is 16.9 Å². The van der Waals surface area contributed by atoms with Crippen LogP contribution < -0.4 is 0 Å². The number of aliphatic hydroxyl groups excluding tert-OH is 1. The Morgan fingerprint density at radius 2 is 1.29 bits per heavy atom. The van der Waals surface area contributed by atoms with Gasteiger partial charge in [0.1, 0.15) is 0 Å². The van der Waals surface area contributed by atoms with E-state index in [1.165, 1.54) is 28.5 Å². The number of benzene rings is 2. The van der Waals surface area contributed by atoms with Crippen molar-refractivity contribution in [2.75, 3.05) is 0 Å². The van der Waals surface area contributed by atoms with Crippen LogP contribution in [0.1, 0.15) is 94.6 Å². The first-order valence-electron chi connectivity index (χ1n) is 10.3. The fourth-order valence-corrected chi connectivity index (χ4v) is 4.61. The van der Waals surface area contributed by atoms with Crippen LogP contribution >= 0.6 is 11.8 Å². The Bertz CT molecular complexity index is 764. The van der Waals surface area contributed by atoms with Crippen LogP contribution in [0, 0.1) is 5.92 Å². The Morgan fingerprint density at radius 3 is 1.71 bits per heavy atom. The summed E-state index contributed by atoms with van der Waals surface area (Å²) in [4.78, 5) is 14.2. The summed E-state index contributed by atoms with van der Waals surface area (Å²) in [5.74, 6) is 0.641. The largest absolute Gasteiger partial charge is 0.388 e. The smallest absolute Gasteiger partial charge is 0.199 e. The van der Waals surface area contributed by atoms with E-state index in [0.717, 1.165) is 10.5 Å². The summed E-state index contributed by atoms with van der Waals surface area (Å²) < 4.78 is 0. The van der Waals surface area contributed by atoms with E-state index >= 15 is 0 Å². The molecule has 0 aliphatic rings. The van der Waals surface area contributed by atoms with Crippen LogP contribution in [0.25, 0.3) is 0 Å². The van der Waals surface area contributed by atoms with E-state index < -0.39 is 12.0 Å². The second-order valence-corrected chi connectivity index (χ2v) is 9.57. The van der Waals surface area contributed by atoms with Crippen molar-refractivity contribution in [3.8, 4) is 0 Å². The first kappa shape index (κ1) is 22.7. The molecule has 2 nitrogen and oxygen atoms in total. The molecule has 2 aromatic rings. The predicted molar refractivity (Wildman–Crippen MR) is 120 cm³/mol. The van der Waals surface area contributed by atoms with Crippen LogP contribution in [0.4, 0.5) is 0 Å². The summed E-state index contributed by atoms with van der Waals surface area (Å²) in [7, 11) is 0. The van der Waals surface area contributed by atoms with E-state index in [0.29, 0.717) is 17.8 Å². The van der Waals surface area contributed by atoms with Gasteiger partial charge in [0.2, 0.25) is 0 Å². The second-order valence-electron chi connectivity index (χ2n) is 8.56. The third-order valence-electron chi connectivity index (χ3n) is 5.27. The van der Waals surface area contributed by atoms with E-state index in [1.807, 2.05) is 37.3 Å². The Morgan fingerprint density at radius 1 is 0.786 bits per heavy atom. The topological polar surface area (TPSA) is 37.3 Å². The first-order chi connectivity index (χ1) is 13.1. The minimum atomic E-state index is -0.791. The Labute approximate surface area is 174 Å². The monoisotopic (exact) mass is 398 g/mol. The molecular formula is C25H34O2S. The molecule has 2 atom stereocenters. The minimum absolute atomic E-state index is 0.0115. The Balaban J connectivity index is 2.39. The molecule has 0 amide bonds. The van der Waals surface area contributed by atoms with Gasteiger partial charge in [0.05, 0.1) is 12.0 Å². The van der Waals surface area contributed by atoms with Crippen LogP contribution in [0.5, 0.6) is 0 Å². The third kappa shape index (κ3) is 5.27. The zero-order valence-electron chi connectivity index (χ0n) is 18.2. The predicted octanol–water partition coefficient (Wildman–Crippen LogP) is 7.05. The first-order valence-corrected chi connectivity index (χ1v) is 11.1. The molecule has 152 valence electrons. The molecule has 0 bridgehead atoms. The van der Waals surface area contributed by atoms with E-state index in [9.17, 15) is 9.90 Å². The summed E-state index contributed by atoms with van der Waals surface area (Å²) >= 11 is 1.31. The van der Waals surface area contributed by atoms with Crippen LogP contribution in [-0.2, 0) is 4.79 Å². The molecule has 0 unspecified atom stereocenters. The fourth-order valence-electron chi connectivity index (χ4n) is 3.27. The molecule has 0 heterocycles. The molecule has 0 saturated carbocycles. The fraction of sp³-hybridized carbons (Fsp3) is 0.480. The summed E-state index contributed by atoms with van der Waals surface area (Å²) in [6.07, 6.45) is -0.791. The van der Waals surface area contributed by atoms with Gasteiger partial charge < -0.3 is 5.11 Å². The number of hydrogen-bond donors (Lipinski definition) is 1. The van der Waals surface area contributed by atoms with Crippen molar-refractivity contribution in [2.45, 2.75) is 77.2 Å². The number of carbonyl (C=O) groups is 1. The van der Waals surface area contributed by atoms with E-state index in [2.05, 4.69) is 53.7 Å². The maximum atomic E-state index is 13.1. The quantitative estimate of drug-likeness (QED) is 0.508. The van der Waals surface area contributed by atoms with Gasteiger partial charge in [-0.15, -0.1) is 0 Å². The number of hydrogen-bond acceptors (Lipinski definition) is 3. The van der Waals surface area contributed by atoms with Crippen LogP contribution in [0.2, 0.25) is 0 Å². The molecule has 2 rings (SSSR count). The van der Waals surface area contributed by atoms with E-state index in [4.69, 9.17) is 0 Å². The van der Waals surface area contributed by atoms with Crippen molar-refractivity contribution in [3.05, 3.63) is 64.7 Å². The average molecular weight is 399 g/mol. The zero-order chi connectivity index (χ0) is 21.0. The molecule has 0 spiro atoms. The highest BCUT2D eigenvalue weighted by Crippen LogP contribution is 2.40. The molecular weight excluding hydrogens is 364 g/mol. The molecule has 28 heavy (non-hydrogen) atoms. The van der Waals surface area contributed by atoms with Gasteiger partial charge in [-0.25, -0.2) is 0 Å². The van der Waals surface area contributed by atoms with Crippen molar-refractivity contribution < 1.29 is 9.90 Å². The van der Waals surface area contributed by atoms with Crippen molar-refractivity contribution in [2.24, 2.45) is 5.92 Å². The molecule has 0 fully saturated rings. The van der Waals surface area contributed by atoms with Gasteiger partial charge in [-0.1, -0.05) is 103 Å². The van der Waals surface area contributed by atoms with Crippen LogP contribution in [0.15, 0.2) is 47.4 Å². The molecule has 0 aliphatic carbocycles. The van der Waals surface area contributed by atoms with Gasteiger partial charge >= 0.3 is 0 Å². The number of thioether (sulfide) groups is 1. The summed E-state index contributed by atoms with van der Waals surface area (Å²) in [6.45, 7) is 15.0. The van der Waals surface area contributed by atoms with Gasteiger partial charge in [0.15, 0.2) is 5.12 Å². The van der Waals surface area contributed by atoms with Crippen molar-refractivity contribution in [1.82, 2.24) is 0 Å². The van der Waals surface area contributed by atoms with Gasteiger partial charge in [0.25, 0.3) is 0 Å². The normalized spacial score (nSPS) is 14.0. The lowest BCUT2D eigenvalue weighted by Crippen LogP contribution is -2.17. The second kappa shape index (κ2) is 9.76. The van der Waals surface area contributed by atoms with Gasteiger partial charge in [-0.3, -0.25) is 4.79 Å². The van der Waals surface area contributed by atoms with Gasteiger partial charge in [-0.05, 0) is 40.0 Å². The summed E-state index contributed by atoms with van der Waals surface area (Å²) in [5.41, 5.74) is 4.57. The maximum Gasteiger partial charge on any atom is 0.199 e. The lowest BCUT2D eigenvalue weighted by atomic mass is 9.89. The average Bonchev–Trinajstić information content (AvgIpc) is 2.66. The lowest BCUT2D eigenvalue weighted by Gasteiger charge is -2.24. The number of rotatable bonds is 7. The summed E-state index contributed by atoms with van der Waals surface area (Å²) in [6, 6.07) is 14.0. The molecule has 0 saturated heterocycles. The van der Waals surface area contributed by atoms with Crippen LogP contribution in [-0.4, -0.2) is 10.2 Å².